The van der Waals surface area contributed by atoms with Crippen molar-refractivity contribution in [1.82, 2.24) is 0 Å². The van der Waals surface area contributed by atoms with Gasteiger partial charge in [-0.2, -0.15) is 0 Å². The van der Waals surface area contributed by atoms with Crippen molar-refractivity contribution in [2.75, 3.05) is 34.5 Å². The molecule has 2 aliphatic rings. The number of benzene rings is 3. The van der Waals surface area contributed by atoms with Gasteiger partial charge >= 0.3 is 5.97 Å². The van der Waals surface area contributed by atoms with Gasteiger partial charge in [-0.3, -0.25) is 9.59 Å². The Morgan fingerprint density at radius 3 is 2.34 bits per heavy atom. The highest BCUT2D eigenvalue weighted by atomic mass is 16.6. The van der Waals surface area contributed by atoms with Crippen molar-refractivity contribution in [2.45, 2.75) is 12.3 Å². The molecule has 1 aromatic heterocycles. The van der Waals surface area contributed by atoms with Crippen LogP contribution in [0.2, 0.25) is 0 Å². The van der Waals surface area contributed by atoms with Crippen molar-refractivity contribution in [3.8, 4) is 45.6 Å². The van der Waals surface area contributed by atoms with E-state index in [0.29, 0.717) is 52.9 Å². The van der Waals surface area contributed by atoms with Gasteiger partial charge < -0.3 is 32.8 Å². The molecule has 3 heterocycles. The number of hydrogen-bond donors (Lipinski definition) is 0. The number of fused-ring (bicyclic) bond motifs is 4. The predicted molar refractivity (Wildman–Crippen MR) is 137 cm³/mol. The summed E-state index contributed by atoms with van der Waals surface area (Å²) in [5.74, 6) is 1.78. The van der Waals surface area contributed by atoms with Crippen molar-refractivity contribution < 1.29 is 37.6 Å². The zero-order chi connectivity index (χ0) is 26.4. The maximum absolute atomic E-state index is 13.8. The van der Waals surface area contributed by atoms with Crippen LogP contribution in [0, 0.1) is 0 Å². The first kappa shape index (κ1) is 23.7. The summed E-state index contributed by atoms with van der Waals surface area (Å²) in [4.78, 5) is 26.5. The second-order valence-corrected chi connectivity index (χ2v) is 8.88. The van der Waals surface area contributed by atoms with E-state index in [1.54, 1.807) is 50.6 Å². The number of ether oxygens (including phenoxy) is 6. The van der Waals surface area contributed by atoms with Gasteiger partial charge in [0, 0.05) is 17.5 Å². The van der Waals surface area contributed by atoms with Gasteiger partial charge in [0.1, 0.15) is 47.7 Å². The SMILES string of the molecule is COc1ccc(-c2coc3c4c(cc(OC)c3c2=O)OC(=O)CC4c2cc(OC)c3c(c2)OCCO3)cc1. The predicted octanol–water partition coefficient (Wildman–Crippen LogP) is 4.70. The first-order valence-corrected chi connectivity index (χ1v) is 12.0. The standard InChI is InChI=1S/C29H24O9/c1-32-17-6-4-15(5-7-17)19-14-37-29-25-18(16-10-22(34-3)28-23(11-16)35-8-9-36-28)12-24(30)38-21(25)13-20(33-2)26(29)27(19)31/h4-7,10-11,13-14,18H,8-9,12H2,1-3H3. The molecule has 0 bridgehead atoms. The molecular formula is C29H24O9. The van der Waals surface area contributed by atoms with Gasteiger partial charge in [0.15, 0.2) is 11.5 Å². The van der Waals surface area contributed by atoms with Crippen molar-refractivity contribution >= 4 is 16.9 Å². The van der Waals surface area contributed by atoms with Crippen LogP contribution in [0.25, 0.3) is 22.1 Å². The van der Waals surface area contributed by atoms with Crippen molar-refractivity contribution in [3.63, 3.8) is 0 Å². The Kier molecular flexibility index (Phi) is 5.83. The fraction of sp³-hybridized carbons (Fsp3) is 0.241. The Morgan fingerprint density at radius 1 is 0.842 bits per heavy atom. The van der Waals surface area contributed by atoms with E-state index in [1.165, 1.54) is 13.4 Å². The lowest BCUT2D eigenvalue weighted by Gasteiger charge is -2.28. The summed E-state index contributed by atoms with van der Waals surface area (Å²) in [5, 5.41) is 0.257. The van der Waals surface area contributed by atoms with Gasteiger partial charge in [0.05, 0.1) is 33.3 Å². The molecule has 0 spiro atoms. The molecule has 38 heavy (non-hydrogen) atoms. The zero-order valence-corrected chi connectivity index (χ0v) is 21.0. The van der Waals surface area contributed by atoms with Crippen LogP contribution in [0.5, 0.6) is 34.5 Å². The number of rotatable bonds is 5. The highest BCUT2D eigenvalue weighted by molar-refractivity contribution is 5.94. The third-order valence-electron chi connectivity index (χ3n) is 6.83. The van der Waals surface area contributed by atoms with Gasteiger partial charge in [0.2, 0.25) is 11.2 Å². The molecule has 0 saturated carbocycles. The van der Waals surface area contributed by atoms with Crippen LogP contribution in [0.1, 0.15) is 23.5 Å². The number of esters is 1. The summed E-state index contributed by atoms with van der Waals surface area (Å²) < 4.78 is 39.6. The molecule has 0 N–H and O–H groups in total. The Balaban J connectivity index is 1.58. The van der Waals surface area contributed by atoms with E-state index in [4.69, 9.17) is 32.8 Å². The Bertz CT molecular complexity index is 1600. The van der Waals surface area contributed by atoms with E-state index < -0.39 is 11.9 Å². The molecule has 1 unspecified atom stereocenters. The van der Waals surface area contributed by atoms with Gasteiger partial charge in [-0.15, -0.1) is 0 Å². The largest absolute Gasteiger partial charge is 0.497 e. The lowest BCUT2D eigenvalue weighted by atomic mass is 9.84. The molecule has 2 aliphatic heterocycles. The summed E-state index contributed by atoms with van der Waals surface area (Å²) in [6, 6.07) is 12.3. The average Bonchev–Trinajstić information content (AvgIpc) is 2.95. The van der Waals surface area contributed by atoms with Crippen LogP contribution >= 0.6 is 0 Å². The molecule has 0 fully saturated rings. The Hall–Kier alpha value is -4.66. The fourth-order valence-corrected chi connectivity index (χ4v) is 5.03. The normalized spacial score (nSPS) is 16.0. The summed E-state index contributed by atoms with van der Waals surface area (Å²) in [5.41, 5.74) is 2.35. The highest BCUT2D eigenvalue weighted by Gasteiger charge is 2.35. The summed E-state index contributed by atoms with van der Waals surface area (Å²) in [6.45, 7) is 0.805. The number of hydrogen-bond acceptors (Lipinski definition) is 9. The first-order chi connectivity index (χ1) is 18.5. The second kappa shape index (κ2) is 9.33. The maximum atomic E-state index is 13.8. The maximum Gasteiger partial charge on any atom is 0.312 e. The molecule has 1 atom stereocenters. The van der Waals surface area contributed by atoms with Gasteiger partial charge in [-0.1, -0.05) is 12.1 Å². The number of methoxy groups -OCH3 is 3. The molecule has 9 heteroatoms. The lowest BCUT2D eigenvalue weighted by Crippen LogP contribution is -2.23. The molecule has 3 aromatic carbocycles. The number of carbonyl (C=O) groups excluding carboxylic acids is 1. The molecular weight excluding hydrogens is 492 g/mol. The Labute approximate surface area is 217 Å². The summed E-state index contributed by atoms with van der Waals surface area (Å²) >= 11 is 0. The van der Waals surface area contributed by atoms with Gasteiger partial charge in [-0.05, 0) is 35.4 Å². The second-order valence-electron chi connectivity index (χ2n) is 8.88. The van der Waals surface area contributed by atoms with Crippen molar-refractivity contribution in [2.24, 2.45) is 0 Å². The first-order valence-electron chi connectivity index (χ1n) is 12.0. The van der Waals surface area contributed by atoms with Crippen LogP contribution < -0.4 is 33.8 Å². The minimum absolute atomic E-state index is 0.0289. The van der Waals surface area contributed by atoms with E-state index in [2.05, 4.69) is 0 Å². The minimum Gasteiger partial charge on any atom is -0.497 e. The van der Waals surface area contributed by atoms with Crippen LogP contribution in [-0.2, 0) is 4.79 Å². The van der Waals surface area contributed by atoms with Crippen LogP contribution in [-0.4, -0.2) is 40.5 Å². The molecule has 0 saturated heterocycles. The minimum atomic E-state index is -0.501. The van der Waals surface area contributed by atoms with E-state index in [-0.39, 0.29) is 34.3 Å². The van der Waals surface area contributed by atoms with Crippen LogP contribution in [0.4, 0.5) is 0 Å². The smallest absolute Gasteiger partial charge is 0.312 e. The molecule has 194 valence electrons. The summed E-state index contributed by atoms with van der Waals surface area (Å²) in [6.07, 6.45) is 1.45. The van der Waals surface area contributed by atoms with E-state index >= 15 is 0 Å². The highest BCUT2D eigenvalue weighted by Crippen LogP contribution is 2.49. The van der Waals surface area contributed by atoms with Crippen molar-refractivity contribution in [3.05, 3.63) is 70.1 Å². The monoisotopic (exact) mass is 516 g/mol. The van der Waals surface area contributed by atoms with E-state index in [9.17, 15) is 9.59 Å². The third kappa shape index (κ3) is 3.78. The van der Waals surface area contributed by atoms with Gasteiger partial charge in [-0.25, -0.2) is 0 Å². The third-order valence-corrected chi connectivity index (χ3v) is 6.83. The molecule has 0 aliphatic carbocycles. The molecule has 6 rings (SSSR count). The quantitative estimate of drug-likeness (QED) is 0.276. The fourth-order valence-electron chi connectivity index (χ4n) is 5.03. The average molecular weight is 517 g/mol. The van der Waals surface area contributed by atoms with Gasteiger partial charge in [0.25, 0.3) is 0 Å². The summed E-state index contributed by atoms with van der Waals surface area (Å²) in [7, 11) is 4.57. The van der Waals surface area contributed by atoms with Crippen molar-refractivity contribution in [1.29, 1.82) is 0 Å². The lowest BCUT2D eigenvalue weighted by molar-refractivity contribution is -0.135. The van der Waals surface area contributed by atoms with Crippen LogP contribution in [0.3, 0.4) is 0 Å². The molecule has 0 amide bonds. The van der Waals surface area contributed by atoms with E-state index in [0.717, 1.165) is 5.56 Å². The topological polar surface area (TPSA) is 103 Å². The van der Waals surface area contributed by atoms with E-state index in [1.807, 2.05) is 6.07 Å². The van der Waals surface area contributed by atoms with Crippen LogP contribution in [0.15, 0.2) is 57.9 Å². The number of carbonyl (C=O) groups is 1. The molecule has 9 nitrogen and oxygen atoms in total. The molecule has 4 aromatic rings. The zero-order valence-electron chi connectivity index (χ0n) is 21.0. The molecule has 0 radical (unpaired) electrons. The Morgan fingerprint density at radius 2 is 1.61 bits per heavy atom.